The fraction of sp³-hybridized carbons (Fsp3) is 0.333. The molecule has 0 bridgehead atoms. The molecule has 128 valence electrons. The molecule has 1 aromatic carbocycles. The Kier molecular flexibility index (Phi) is 5.28. The molecular weight excluding hydrogens is 312 g/mol. The number of carbonyl (C=O) groups is 2. The lowest BCUT2D eigenvalue weighted by molar-refractivity contribution is 0.0330. The highest BCUT2D eigenvalue weighted by Crippen LogP contribution is 2.31. The summed E-state index contributed by atoms with van der Waals surface area (Å²) in [5, 5.41) is 9.40. The van der Waals surface area contributed by atoms with E-state index in [1.54, 1.807) is 39.8 Å². The highest BCUT2D eigenvalue weighted by atomic mass is 16.6. The Labute approximate surface area is 140 Å². The van der Waals surface area contributed by atoms with Gasteiger partial charge >= 0.3 is 11.9 Å². The topological polar surface area (TPSA) is 86.0 Å². The first-order valence-electron chi connectivity index (χ1n) is 7.62. The second-order valence-electron chi connectivity index (χ2n) is 5.81. The summed E-state index contributed by atoms with van der Waals surface area (Å²) in [6, 6.07) is 6.08. The van der Waals surface area contributed by atoms with Gasteiger partial charge in [-0.2, -0.15) is 0 Å². The Morgan fingerprint density at radius 3 is 2.04 bits per heavy atom. The van der Waals surface area contributed by atoms with E-state index in [-0.39, 0.29) is 34.8 Å². The average Bonchev–Trinajstić information content (AvgIpc) is 2.91. The van der Waals surface area contributed by atoms with E-state index in [0.717, 1.165) is 0 Å². The summed E-state index contributed by atoms with van der Waals surface area (Å²) in [4.78, 5) is 24.7. The molecule has 0 unspecified atom stereocenters. The minimum Gasteiger partial charge on any atom is -0.508 e. The Hall–Kier alpha value is -2.76. The van der Waals surface area contributed by atoms with E-state index in [0.29, 0.717) is 5.56 Å². The zero-order valence-corrected chi connectivity index (χ0v) is 14.0. The first-order valence-corrected chi connectivity index (χ1v) is 7.62. The normalized spacial score (nSPS) is 10.9. The summed E-state index contributed by atoms with van der Waals surface area (Å²) in [7, 11) is 0. The van der Waals surface area contributed by atoms with Crippen LogP contribution in [0.3, 0.4) is 0 Å². The number of esters is 2. The van der Waals surface area contributed by atoms with Crippen LogP contribution in [0.25, 0.3) is 11.3 Å². The van der Waals surface area contributed by atoms with E-state index >= 15 is 0 Å². The zero-order valence-electron chi connectivity index (χ0n) is 14.0. The van der Waals surface area contributed by atoms with Crippen LogP contribution in [0.15, 0.2) is 34.9 Å². The van der Waals surface area contributed by atoms with Gasteiger partial charge in [0.2, 0.25) is 0 Å². The molecule has 1 aromatic heterocycles. The summed E-state index contributed by atoms with van der Waals surface area (Å²) in [6.07, 6.45) is 0.497. The van der Waals surface area contributed by atoms with Crippen LogP contribution >= 0.6 is 0 Å². The van der Waals surface area contributed by atoms with Crippen molar-refractivity contribution in [2.45, 2.75) is 39.9 Å². The van der Waals surface area contributed by atoms with Gasteiger partial charge in [0, 0.05) is 5.56 Å². The van der Waals surface area contributed by atoms with Crippen LogP contribution in [-0.4, -0.2) is 29.3 Å². The number of furan rings is 1. The first-order chi connectivity index (χ1) is 11.3. The second kappa shape index (κ2) is 7.21. The van der Waals surface area contributed by atoms with E-state index in [4.69, 9.17) is 13.9 Å². The van der Waals surface area contributed by atoms with Gasteiger partial charge in [-0.15, -0.1) is 0 Å². The van der Waals surface area contributed by atoms with Crippen LogP contribution in [0.2, 0.25) is 0 Å². The second-order valence-corrected chi connectivity index (χ2v) is 5.81. The highest BCUT2D eigenvalue weighted by Gasteiger charge is 2.29. The summed E-state index contributed by atoms with van der Waals surface area (Å²) in [5.41, 5.74) is 0.560. The Balaban J connectivity index is 2.51. The third-order valence-electron chi connectivity index (χ3n) is 3.03. The maximum Gasteiger partial charge on any atom is 0.343 e. The van der Waals surface area contributed by atoms with Gasteiger partial charge in [0.05, 0.1) is 12.2 Å². The summed E-state index contributed by atoms with van der Waals surface area (Å²) < 4.78 is 15.8. The number of hydrogen-bond acceptors (Lipinski definition) is 6. The third kappa shape index (κ3) is 3.95. The van der Waals surface area contributed by atoms with E-state index in [1.807, 2.05) is 0 Å². The average molecular weight is 332 g/mol. The minimum absolute atomic E-state index is 0.0115. The van der Waals surface area contributed by atoms with Crippen molar-refractivity contribution in [3.63, 3.8) is 0 Å². The molecule has 6 heteroatoms. The molecule has 0 saturated carbocycles. The summed E-state index contributed by atoms with van der Waals surface area (Å²) in [5.74, 6) is -1.06. The Bertz CT molecular complexity index is 724. The van der Waals surface area contributed by atoms with Crippen LogP contribution in [0, 0.1) is 0 Å². The fourth-order valence-electron chi connectivity index (χ4n) is 2.09. The molecule has 2 rings (SSSR count). The molecule has 0 aliphatic heterocycles. The maximum absolute atomic E-state index is 12.4. The molecule has 0 spiro atoms. The first kappa shape index (κ1) is 17.6. The number of benzene rings is 1. The lowest BCUT2D eigenvalue weighted by atomic mass is 10.1. The van der Waals surface area contributed by atoms with E-state index < -0.39 is 11.9 Å². The van der Waals surface area contributed by atoms with Crippen molar-refractivity contribution in [2.75, 3.05) is 0 Å². The molecule has 0 fully saturated rings. The number of phenolic OH excluding ortho intramolecular Hbond substituents is 1. The largest absolute Gasteiger partial charge is 0.508 e. The lowest BCUT2D eigenvalue weighted by Crippen LogP contribution is -2.18. The number of aromatic hydroxyl groups is 1. The third-order valence-corrected chi connectivity index (χ3v) is 3.03. The smallest absolute Gasteiger partial charge is 0.343 e. The standard InChI is InChI=1S/C18H20O6/c1-10(2)23-17(20)14-9-22-16(12-5-7-13(19)8-6-12)15(14)18(21)24-11(3)4/h5-11,19H,1-4H3. The Morgan fingerprint density at radius 2 is 1.50 bits per heavy atom. The Morgan fingerprint density at radius 1 is 0.958 bits per heavy atom. The molecule has 0 amide bonds. The van der Waals surface area contributed by atoms with Gasteiger partial charge in [0.15, 0.2) is 0 Å². The summed E-state index contributed by atoms with van der Waals surface area (Å²) >= 11 is 0. The molecule has 0 aliphatic rings. The predicted molar refractivity (Wildman–Crippen MR) is 86.9 cm³/mol. The van der Waals surface area contributed by atoms with Crippen molar-refractivity contribution >= 4 is 11.9 Å². The van der Waals surface area contributed by atoms with Gasteiger partial charge in [-0.25, -0.2) is 9.59 Å². The fourth-order valence-corrected chi connectivity index (χ4v) is 2.09. The number of rotatable bonds is 5. The van der Waals surface area contributed by atoms with Gasteiger partial charge in [-0.3, -0.25) is 0 Å². The molecule has 1 N–H and O–H groups in total. The molecular formula is C18H20O6. The summed E-state index contributed by atoms with van der Waals surface area (Å²) in [6.45, 7) is 6.85. The molecule has 24 heavy (non-hydrogen) atoms. The van der Waals surface area contributed by atoms with Crippen molar-refractivity contribution in [3.05, 3.63) is 41.7 Å². The van der Waals surface area contributed by atoms with E-state index in [9.17, 15) is 14.7 Å². The van der Waals surface area contributed by atoms with Crippen LogP contribution in [0.5, 0.6) is 5.75 Å². The molecule has 0 saturated heterocycles. The molecule has 0 aliphatic carbocycles. The van der Waals surface area contributed by atoms with Crippen molar-refractivity contribution in [2.24, 2.45) is 0 Å². The van der Waals surface area contributed by atoms with Crippen LogP contribution in [-0.2, 0) is 9.47 Å². The number of phenols is 1. The SMILES string of the molecule is CC(C)OC(=O)c1coc(-c2ccc(O)cc2)c1C(=O)OC(C)C. The predicted octanol–water partition coefficient (Wildman–Crippen LogP) is 3.78. The monoisotopic (exact) mass is 332 g/mol. The van der Waals surface area contributed by atoms with Crippen LogP contribution in [0.1, 0.15) is 48.4 Å². The van der Waals surface area contributed by atoms with Gasteiger partial charge in [0.1, 0.15) is 28.9 Å². The van der Waals surface area contributed by atoms with Crippen molar-refractivity contribution in [1.29, 1.82) is 0 Å². The van der Waals surface area contributed by atoms with E-state index in [1.165, 1.54) is 18.4 Å². The van der Waals surface area contributed by atoms with Crippen molar-refractivity contribution in [1.82, 2.24) is 0 Å². The molecule has 0 atom stereocenters. The van der Waals surface area contributed by atoms with Crippen LogP contribution in [0.4, 0.5) is 0 Å². The van der Waals surface area contributed by atoms with Gasteiger partial charge in [0.25, 0.3) is 0 Å². The molecule has 0 radical (unpaired) electrons. The van der Waals surface area contributed by atoms with Crippen molar-refractivity contribution in [3.8, 4) is 17.1 Å². The molecule has 1 heterocycles. The quantitative estimate of drug-likeness (QED) is 0.839. The number of ether oxygens (including phenoxy) is 2. The van der Waals surface area contributed by atoms with Crippen molar-refractivity contribution < 1.29 is 28.6 Å². The van der Waals surface area contributed by atoms with Crippen LogP contribution < -0.4 is 0 Å². The number of hydrogen-bond donors (Lipinski definition) is 1. The lowest BCUT2D eigenvalue weighted by Gasteiger charge is -2.11. The minimum atomic E-state index is -0.669. The van der Waals surface area contributed by atoms with Gasteiger partial charge < -0.3 is 19.0 Å². The van der Waals surface area contributed by atoms with E-state index in [2.05, 4.69) is 0 Å². The van der Waals surface area contributed by atoms with Gasteiger partial charge in [-0.05, 0) is 52.0 Å². The highest BCUT2D eigenvalue weighted by molar-refractivity contribution is 6.07. The van der Waals surface area contributed by atoms with Gasteiger partial charge in [-0.1, -0.05) is 0 Å². The molecule has 2 aromatic rings. The number of carbonyl (C=O) groups excluding carboxylic acids is 2. The zero-order chi connectivity index (χ0) is 17.9. The molecule has 6 nitrogen and oxygen atoms in total. The maximum atomic E-state index is 12.4.